The van der Waals surface area contributed by atoms with E-state index in [9.17, 15) is 9.90 Å². The average Bonchev–Trinajstić information content (AvgIpc) is 2.27. The Balaban J connectivity index is 2.64. The zero-order valence-electron chi connectivity index (χ0n) is 7.79. The monoisotopic (exact) mass is 176 g/mol. The third kappa shape index (κ3) is 1.05. The van der Waals surface area contributed by atoms with E-state index in [1.165, 1.54) is 0 Å². The Kier molecular flexibility index (Phi) is 1.50. The summed E-state index contributed by atoms with van der Waals surface area (Å²) in [5, 5.41) is 9.30. The largest absolute Gasteiger partial charge is 0.508 e. The molecule has 0 saturated heterocycles. The molecule has 1 aromatic carbocycles. The highest BCUT2D eigenvalue weighted by Crippen LogP contribution is 2.37. The molecular formula is C11H12O2. The van der Waals surface area contributed by atoms with Crippen LogP contribution in [0.5, 0.6) is 5.75 Å². The van der Waals surface area contributed by atoms with Crippen molar-refractivity contribution in [1.82, 2.24) is 0 Å². The summed E-state index contributed by atoms with van der Waals surface area (Å²) < 4.78 is 0. The molecule has 0 unspecified atom stereocenters. The molecule has 2 nitrogen and oxygen atoms in total. The number of phenolic OH excluding ortho intramolecular Hbond substituents is 1. The van der Waals surface area contributed by atoms with Crippen molar-refractivity contribution in [2.45, 2.75) is 25.7 Å². The van der Waals surface area contributed by atoms with Crippen LogP contribution < -0.4 is 0 Å². The van der Waals surface area contributed by atoms with Crippen LogP contribution in [0.2, 0.25) is 0 Å². The molecule has 68 valence electrons. The zero-order valence-corrected chi connectivity index (χ0v) is 7.79. The summed E-state index contributed by atoms with van der Waals surface area (Å²) in [6.45, 7) is 3.81. The third-order valence-electron chi connectivity index (χ3n) is 2.81. The normalized spacial score (nSPS) is 18.8. The van der Waals surface area contributed by atoms with Crippen molar-refractivity contribution in [3.8, 4) is 5.75 Å². The number of benzene rings is 1. The lowest BCUT2D eigenvalue weighted by Gasteiger charge is -2.16. The van der Waals surface area contributed by atoms with Gasteiger partial charge in [-0.25, -0.2) is 0 Å². The number of fused-ring (bicyclic) bond motifs is 1. The number of ketones is 1. The van der Waals surface area contributed by atoms with Crippen molar-refractivity contribution in [1.29, 1.82) is 0 Å². The summed E-state index contributed by atoms with van der Waals surface area (Å²) in [6.07, 6.45) is 0.503. The fourth-order valence-corrected chi connectivity index (χ4v) is 1.84. The van der Waals surface area contributed by atoms with Gasteiger partial charge in [0.1, 0.15) is 11.5 Å². The second kappa shape index (κ2) is 2.34. The van der Waals surface area contributed by atoms with Gasteiger partial charge in [-0.1, -0.05) is 6.07 Å². The fourth-order valence-electron chi connectivity index (χ4n) is 1.84. The lowest BCUT2D eigenvalue weighted by atomic mass is 9.86. The van der Waals surface area contributed by atoms with E-state index in [1.54, 1.807) is 12.1 Å². The van der Waals surface area contributed by atoms with Crippen molar-refractivity contribution in [3.05, 3.63) is 29.3 Å². The lowest BCUT2D eigenvalue weighted by molar-refractivity contribution is -0.121. The molecule has 1 aliphatic carbocycles. The lowest BCUT2D eigenvalue weighted by Crippen LogP contribution is -2.23. The molecule has 0 fully saturated rings. The first kappa shape index (κ1) is 8.30. The average molecular weight is 176 g/mol. The van der Waals surface area contributed by atoms with Gasteiger partial charge in [0.05, 0.1) is 0 Å². The van der Waals surface area contributed by atoms with Gasteiger partial charge in [-0.2, -0.15) is 0 Å². The van der Waals surface area contributed by atoms with E-state index in [4.69, 9.17) is 0 Å². The van der Waals surface area contributed by atoms with E-state index in [2.05, 4.69) is 0 Å². The molecule has 0 aliphatic heterocycles. The predicted molar refractivity (Wildman–Crippen MR) is 49.8 cm³/mol. The third-order valence-corrected chi connectivity index (χ3v) is 2.81. The molecule has 1 aromatic rings. The topological polar surface area (TPSA) is 37.3 Å². The highest BCUT2D eigenvalue weighted by molar-refractivity contribution is 5.95. The van der Waals surface area contributed by atoms with Crippen LogP contribution in [-0.4, -0.2) is 10.9 Å². The molecule has 1 N–H and O–H groups in total. The van der Waals surface area contributed by atoms with Crippen molar-refractivity contribution >= 4 is 5.78 Å². The maximum absolute atomic E-state index is 11.6. The smallest absolute Gasteiger partial charge is 0.147 e. The Hall–Kier alpha value is -1.31. The highest BCUT2D eigenvalue weighted by atomic mass is 16.3. The Morgan fingerprint density at radius 3 is 2.77 bits per heavy atom. The Morgan fingerprint density at radius 2 is 2.08 bits per heavy atom. The number of hydrogen-bond donors (Lipinski definition) is 1. The molecule has 13 heavy (non-hydrogen) atoms. The number of rotatable bonds is 0. The summed E-state index contributed by atoms with van der Waals surface area (Å²) >= 11 is 0. The van der Waals surface area contributed by atoms with Crippen LogP contribution in [0.25, 0.3) is 0 Å². The van der Waals surface area contributed by atoms with E-state index in [0.29, 0.717) is 6.42 Å². The van der Waals surface area contributed by atoms with E-state index in [0.717, 1.165) is 11.1 Å². The first-order valence-corrected chi connectivity index (χ1v) is 4.37. The standard InChI is InChI=1S/C11H12O2/c1-11(2)9-6-8(12)4-3-7(9)5-10(11)13/h3-4,6,12H,5H2,1-2H3. The zero-order chi connectivity index (χ0) is 9.64. The summed E-state index contributed by atoms with van der Waals surface area (Å²) in [7, 11) is 0. The van der Waals surface area contributed by atoms with E-state index >= 15 is 0 Å². The van der Waals surface area contributed by atoms with Gasteiger partial charge >= 0.3 is 0 Å². The van der Waals surface area contributed by atoms with Gasteiger partial charge in [0.25, 0.3) is 0 Å². The Morgan fingerprint density at radius 1 is 1.38 bits per heavy atom. The minimum Gasteiger partial charge on any atom is -0.508 e. The quantitative estimate of drug-likeness (QED) is 0.654. The van der Waals surface area contributed by atoms with Crippen LogP contribution in [0.3, 0.4) is 0 Å². The van der Waals surface area contributed by atoms with E-state index < -0.39 is 5.41 Å². The maximum atomic E-state index is 11.6. The first-order chi connectivity index (χ1) is 6.01. The Labute approximate surface area is 77.2 Å². The van der Waals surface area contributed by atoms with Crippen LogP contribution in [0.4, 0.5) is 0 Å². The van der Waals surface area contributed by atoms with Gasteiger partial charge in [-0.15, -0.1) is 0 Å². The SMILES string of the molecule is CC1(C)C(=O)Cc2ccc(O)cc21. The number of phenols is 1. The molecule has 0 atom stereocenters. The minimum absolute atomic E-state index is 0.230. The summed E-state index contributed by atoms with van der Waals surface area (Å²) in [4.78, 5) is 11.6. The van der Waals surface area contributed by atoms with E-state index in [-0.39, 0.29) is 11.5 Å². The Bertz CT molecular complexity index is 378. The van der Waals surface area contributed by atoms with Crippen molar-refractivity contribution < 1.29 is 9.90 Å². The van der Waals surface area contributed by atoms with Crippen molar-refractivity contribution in [2.24, 2.45) is 0 Å². The summed E-state index contributed by atoms with van der Waals surface area (Å²) in [5.74, 6) is 0.467. The van der Waals surface area contributed by atoms with Crippen molar-refractivity contribution in [2.75, 3.05) is 0 Å². The number of hydrogen-bond acceptors (Lipinski definition) is 2. The molecule has 0 bridgehead atoms. The van der Waals surface area contributed by atoms with Gasteiger partial charge in [0.15, 0.2) is 0 Å². The highest BCUT2D eigenvalue weighted by Gasteiger charge is 2.37. The summed E-state index contributed by atoms with van der Waals surface area (Å²) in [5.41, 5.74) is 1.60. The first-order valence-electron chi connectivity index (χ1n) is 4.37. The van der Waals surface area contributed by atoms with Crippen LogP contribution in [-0.2, 0) is 16.6 Å². The number of carbonyl (C=O) groups excluding carboxylic acids is 1. The van der Waals surface area contributed by atoms with Gasteiger partial charge in [0, 0.05) is 11.8 Å². The van der Waals surface area contributed by atoms with Crippen LogP contribution in [0.15, 0.2) is 18.2 Å². The molecule has 0 heterocycles. The molecule has 0 aromatic heterocycles. The van der Waals surface area contributed by atoms with Gasteiger partial charge in [-0.3, -0.25) is 4.79 Å². The number of Topliss-reactive ketones (excluding diaryl/α,β-unsaturated/α-hetero) is 1. The minimum atomic E-state index is -0.423. The van der Waals surface area contributed by atoms with Gasteiger partial charge in [-0.05, 0) is 37.1 Å². The van der Waals surface area contributed by atoms with Crippen LogP contribution in [0.1, 0.15) is 25.0 Å². The predicted octanol–water partition coefficient (Wildman–Crippen LogP) is 1.79. The fraction of sp³-hybridized carbons (Fsp3) is 0.364. The second-order valence-corrected chi connectivity index (χ2v) is 4.07. The number of carbonyl (C=O) groups is 1. The maximum Gasteiger partial charge on any atom is 0.147 e. The molecule has 0 amide bonds. The van der Waals surface area contributed by atoms with Crippen LogP contribution in [0, 0.1) is 0 Å². The molecule has 0 spiro atoms. The molecule has 2 heteroatoms. The second-order valence-electron chi connectivity index (χ2n) is 4.07. The molecule has 2 rings (SSSR count). The molecule has 1 aliphatic rings. The van der Waals surface area contributed by atoms with Gasteiger partial charge < -0.3 is 5.11 Å². The van der Waals surface area contributed by atoms with E-state index in [1.807, 2.05) is 19.9 Å². The number of aromatic hydroxyl groups is 1. The molecule has 0 saturated carbocycles. The molecule has 0 radical (unpaired) electrons. The van der Waals surface area contributed by atoms with Crippen LogP contribution >= 0.6 is 0 Å². The summed E-state index contributed by atoms with van der Waals surface area (Å²) in [6, 6.07) is 5.16. The molecular weight excluding hydrogens is 164 g/mol. The van der Waals surface area contributed by atoms with Gasteiger partial charge in [0.2, 0.25) is 0 Å². The van der Waals surface area contributed by atoms with Crippen molar-refractivity contribution in [3.63, 3.8) is 0 Å².